The average molecular weight is 387 g/mol. The molecule has 0 bridgehead atoms. The van der Waals surface area contributed by atoms with Gasteiger partial charge in [-0.25, -0.2) is 19.9 Å². The molecule has 1 atom stereocenters. The molecule has 27 heavy (non-hydrogen) atoms. The highest BCUT2D eigenvalue weighted by atomic mass is 32.2. The lowest BCUT2D eigenvalue weighted by Gasteiger charge is -2.11. The highest BCUT2D eigenvalue weighted by molar-refractivity contribution is 7.84. The first-order chi connectivity index (χ1) is 13.0. The van der Waals surface area contributed by atoms with Crippen molar-refractivity contribution in [2.75, 3.05) is 11.5 Å². The van der Waals surface area contributed by atoms with Gasteiger partial charge in [-0.05, 0) is 38.3 Å². The van der Waals surface area contributed by atoms with Crippen LogP contribution in [-0.2, 0) is 23.8 Å². The molecule has 0 spiro atoms. The fraction of sp³-hybridized carbons (Fsp3) is 0.474. The maximum atomic E-state index is 12.2. The van der Waals surface area contributed by atoms with Gasteiger partial charge in [0.05, 0.1) is 16.3 Å². The zero-order chi connectivity index (χ0) is 19.4. The lowest BCUT2D eigenvalue weighted by Crippen LogP contribution is -2.06. The Morgan fingerprint density at radius 3 is 2.56 bits per heavy atom. The van der Waals surface area contributed by atoms with Crippen LogP contribution in [0.5, 0.6) is 0 Å². The third kappa shape index (κ3) is 4.16. The van der Waals surface area contributed by atoms with Crippen LogP contribution < -0.4 is 5.73 Å². The summed E-state index contributed by atoms with van der Waals surface area (Å²) in [6.07, 6.45) is 6.96. The van der Waals surface area contributed by atoms with Crippen molar-refractivity contribution >= 4 is 27.7 Å². The Kier molecular flexibility index (Phi) is 6.15. The maximum absolute atomic E-state index is 12.2. The minimum absolute atomic E-state index is 0.417. The van der Waals surface area contributed by atoms with Crippen LogP contribution >= 0.6 is 0 Å². The lowest BCUT2D eigenvalue weighted by molar-refractivity contribution is 0.592. The number of hydrogen-bond donors (Lipinski definition) is 1. The molecule has 0 aliphatic rings. The molecule has 3 aromatic rings. The molecule has 0 radical (unpaired) electrons. The number of rotatable bonds is 8. The fourth-order valence-electron chi connectivity index (χ4n) is 3.23. The quantitative estimate of drug-likeness (QED) is 0.472. The van der Waals surface area contributed by atoms with Gasteiger partial charge < -0.3 is 10.3 Å². The van der Waals surface area contributed by atoms with Crippen molar-refractivity contribution < 1.29 is 4.21 Å². The van der Waals surface area contributed by atoms with Gasteiger partial charge in [0.25, 0.3) is 0 Å². The Bertz CT molecular complexity index is 954. The second kappa shape index (κ2) is 8.56. The van der Waals surface area contributed by atoms with E-state index in [0.717, 1.165) is 60.3 Å². The monoisotopic (exact) mass is 386 g/mol. The molecule has 0 aliphatic carbocycles. The molecule has 0 amide bonds. The van der Waals surface area contributed by atoms with Gasteiger partial charge in [-0.15, -0.1) is 0 Å². The number of nitrogen functional groups attached to an aromatic ring is 1. The molecular formula is C19H26N6OS. The SMILES string of the molecule is CCc1nc2c(N)nc(C)c(C)c2n1CCCCCS(=O)c1ncccn1. The number of imidazole rings is 1. The van der Waals surface area contributed by atoms with E-state index in [-0.39, 0.29) is 0 Å². The normalized spacial score (nSPS) is 12.6. The van der Waals surface area contributed by atoms with Gasteiger partial charge in [0.15, 0.2) is 5.82 Å². The number of pyridine rings is 1. The fourth-order valence-corrected chi connectivity index (χ4v) is 4.24. The van der Waals surface area contributed by atoms with Gasteiger partial charge >= 0.3 is 0 Å². The lowest BCUT2D eigenvalue weighted by atomic mass is 10.2. The highest BCUT2D eigenvalue weighted by Crippen LogP contribution is 2.26. The number of aromatic nitrogens is 5. The molecule has 0 aliphatic heterocycles. The van der Waals surface area contributed by atoms with Crippen LogP contribution in [0, 0.1) is 13.8 Å². The van der Waals surface area contributed by atoms with Gasteiger partial charge in [0, 0.05) is 36.8 Å². The Hall–Kier alpha value is -2.35. The van der Waals surface area contributed by atoms with Crippen molar-refractivity contribution in [1.29, 1.82) is 0 Å². The van der Waals surface area contributed by atoms with Crippen LogP contribution in [-0.4, -0.2) is 34.5 Å². The highest BCUT2D eigenvalue weighted by Gasteiger charge is 2.16. The largest absolute Gasteiger partial charge is 0.382 e. The molecule has 0 saturated carbocycles. The number of hydrogen-bond acceptors (Lipinski definition) is 6. The topological polar surface area (TPSA) is 99.6 Å². The van der Waals surface area contributed by atoms with E-state index < -0.39 is 10.8 Å². The van der Waals surface area contributed by atoms with Crippen LogP contribution in [0.2, 0.25) is 0 Å². The number of nitrogens with zero attached hydrogens (tertiary/aromatic N) is 5. The smallest absolute Gasteiger partial charge is 0.218 e. The van der Waals surface area contributed by atoms with E-state index in [0.29, 0.717) is 16.7 Å². The number of unbranched alkanes of at least 4 members (excludes halogenated alkanes) is 2. The Morgan fingerprint density at radius 2 is 1.85 bits per heavy atom. The summed E-state index contributed by atoms with van der Waals surface area (Å²) in [6, 6.07) is 1.73. The first-order valence-electron chi connectivity index (χ1n) is 9.30. The zero-order valence-electron chi connectivity index (χ0n) is 16.1. The first-order valence-corrected chi connectivity index (χ1v) is 10.6. The van der Waals surface area contributed by atoms with Crippen LogP contribution in [0.1, 0.15) is 43.3 Å². The summed E-state index contributed by atoms with van der Waals surface area (Å²) in [5, 5.41) is 0.417. The summed E-state index contributed by atoms with van der Waals surface area (Å²) >= 11 is 0. The molecule has 0 saturated heterocycles. The minimum Gasteiger partial charge on any atom is -0.382 e. The van der Waals surface area contributed by atoms with Gasteiger partial charge in [-0.1, -0.05) is 13.3 Å². The Morgan fingerprint density at radius 1 is 1.11 bits per heavy atom. The van der Waals surface area contributed by atoms with E-state index in [1.807, 2.05) is 6.92 Å². The molecule has 1 unspecified atom stereocenters. The standard InChI is InChI=1S/C19H26N6OS/c1-4-15-24-16-17(13(2)14(3)23-18(16)20)25(15)11-6-5-7-12-27(26)19-21-9-8-10-22-19/h8-10H,4-7,11-12H2,1-3H3,(H2,20,23). The molecule has 2 N–H and O–H groups in total. The van der Waals surface area contributed by atoms with Gasteiger partial charge in [-0.3, -0.25) is 4.21 Å². The second-order valence-corrected chi connectivity index (χ2v) is 8.04. The summed E-state index contributed by atoms with van der Waals surface area (Å²) in [5.74, 6) is 2.12. The molecular weight excluding hydrogens is 360 g/mol. The summed E-state index contributed by atoms with van der Waals surface area (Å²) < 4.78 is 14.5. The first kappa shape index (κ1) is 19.4. The van der Waals surface area contributed by atoms with Crippen LogP contribution in [0.3, 0.4) is 0 Å². The third-order valence-electron chi connectivity index (χ3n) is 4.75. The summed E-state index contributed by atoms with van der Waals surface area (Å²) in [4.78, 5) is 17.2. The second-order valence-electron chi connectivity index (χ2n) is 6.58. The van der Waals surface area contributed by atoms with Crippen LogP contribution in [0.25, 0.3) is 11.0 Å². The van der Waals surface area contributed by atoms with Crippen molar-refractivity contribution in [3.05, 3.63) is 35.5 Å². The molecule has 7 nitrogen and oxygen atoms in total. The van der Waals surface area contributed by atoms with Gasteiger partial charge in [0.2, 0.25) is 5.16 Å². The maximum Gasteiger partial charge on any atom is 0.218 e. The zero-order valence-corrected chi connectivity index (χ0v) is 16.9. The number of anilines is 1. The van der Waals surface area contributed by atoms with Crippen LogP contribution in [0.4, 0.5) is 5.82 Å². The predicted octanol–water partition coefficient (Wildman–Crippen LogP) is 2.96. The summed E-state index contributed by atoms with van der Waals surface area (Å²) in [5.41, 5.74) is 10.1. The minimum atomic E-state index is -1.13. The molecule has 3 rings (SSSR count). The predicted molar refractivity (Wildman–Crippen MR) is 108 cm³/mol. The van der Waals surface area contributed by atoms with Gasteiger partial charge in [0.1, 0.15) is 11.3 Å². The molecule has 8 heteroatoms. The number of aryl methyl sites for hydroxylation is 4. The third-order valence-corrected chi connectivity index (χ3v) is 6.03. The van der Waals surface area contributed by atoms with E-state index in [1.165, 1.54) is 0 Å². The van der Waals surface area contributed by atoms with E-state index in [1.54, 1.807) is 18.5 Å². The van der Waals surface area contributed by atoms with Crippen molar-refractivity contribution in [2.24, 2.45) is 0 Å². The molecule has 3 aromatic heterocycles. The van der Waals surface area contributed by atoms with Crippen molar-refractivity contribution in [2.45, 2.75) is 58.2 Å². The van der Waals surface area contributed by atoms with E-state index in [4.69, 9.17) is 10.7 Å². The molecule has 0 aromatic carbocycles. The molecule has 144 valence electrons. The van der Waals surface area contributed by atoms with E-state index in [2.05, 4.69) is 33.4 Å². The van der Waals surface area contributed by atoms with Gasteiger partial charge in [-0.2, -0.15) is 0 Å². The van der Waals surface area contributed by atoms with Crippen molar-refractivity contribution in [1.82, 2.24) is 24.5 Å². The summed E-state index contributed by atoms with van der Waals surface area (Å²) in [7, 11) is -1.13. The molecule has 3 heterocycles. The summed E-state index contributed by atoms with van der Waals surface area (Å²) in [6.45, 7) is 7.03. The Balaban J connectivity index is 1.64. The Labute approximate surface area is 161 Å². The molecule has 0 fully saturated rings. The van der Waals surface area contributed by atoms with Crippen molar-refractivity contribution in [3.63, 3.8) is 0 Å². The van der Waals surface area contributed by atoms with Crippen LogP contribution in [0.15, 0.2) is 23.6 Å². The van der Waals surface area contributed by atoms with E-state index in [9.17, 15) is 4.21 Å². The average Bonchev–Trinajstić information content (AvgIpc) is 3.06. The van der Waals surface area contributed by atoms with E-state index >= 15 is 0 Å². The number of fused-ring (bicyclic) bond motifs is 1. The number of nitrogens with two attached hydrogens (primary N) is 1. The van der Waals surface area contributed by atoms with Crippen molar-refractivity contribution in [3.8, 4) is 0 Å².